The molecule has 0 spiro atoms. The van der Waals surface area contributed by atoms with E-state index < -0.39 is 0 Å². The molecule has 0 saturated heterocycles. The molecule has 0 heteroatoms. The highest BCUT2D eigenvalue weighted by Crippen LogP contribution is 2.10. The Morgan fingerprint density at radius 3 is 1.79 bits per heavy atom. The van der Waals surface area contributed by atoms with Gasteiger partial charge in [-0.3, -0.25) is 0 Å². The molecule has 0 bridgehead atoms. The van der Waals surface area contributed by atoms with Gasteiger partial charge >= 0.3 is 0 Å². The lowest BCUT2D eigenvalue weighted by Crippen LogP contribution is -1.78. The van der Waals surface area contributed by atoms with Crippen LogP contribution in [0.1, 0.15) is 41.5 Å². The van der Waals surface area contributed by atoms with Gasteiger partial charge in [-0.2, -0.15) is 0 Å². The first-order valence-electron chi connectivity index (χ1n) is 5.10. The van der Waals surface area contributed by atoms with Crippen LogP contribution in [0.25, 0.3) is 0 Å². The third kappa shape index (κ3) is 5.58. The fourth-order valence-electron chi connectivity index (χ4n) is 1.20. The third-order valence-electron chi connectivity index (χ3n) is 2.12. The van der Waals surface area contributed by atoms with E-state index in [0.717, 1.165) is 0 Å². The van der Waals surface area contributed by atoms with E-state index in [9.17, 15) is 0 Å². The van der Waals surface area contributed by atoms with E-state index in [2.05, 4.69) is 58.9 Å². The predicted octanol–water partition coefficient (Wildman–Crippen LogP) is 4.81. The lowest BCUT2D eigenvalue weighted by Gasteiger charge is -1.99. The topological polar surface area (TPSA) is 0 Å². The minimum Gasteiger partial charge on any atom is -0.0874 e. The summed E-state index contributed by atoms with van der Waals surface area (Å²) in [5, 5.41) is 0. The number of hydrogen-bond donors (Lipinski definition) is 0. The Balaban J connectivity index is 4.73. The van der Waals surface area contributed by atoms with Crippen LogP contribution in [-0.4, -0.2) is 0 Å². The molecule has 0 saturated carbocycles. The summed E-state index contributed by atoms with van der Waals surface area (Å²) in [5.41, 5.74) is 5.33. The molecule has 0 aliphatic heterocycles. The third-order valence-corrected chi connectivity index (χ3v) is 2.12. The summed E-state index contributed by atoms with van der Waals surface area (Å²) in [6.45, 7) is 12.7. The highest BCUT2D eigenvalue weighted by atomic mass is 14.0. The van der Waals surface area contributed by atoms with Crippen molar-refractivity contribution in [3.05, 3.63) is 46.6 Å². The van der Waals surface area contributed by atoms with Crippen molar-refractivity contribution in [1.82, 2.24) is 0 Å². The van der Waals surface area contributed by atoms with Gasteiger partial charge in [-0.1, -0.05) is 46.6 Å². The Labute approximate surface area is 88.7 Å². The standard InChI is InChI=1S/C14H22/c1-7-8-12(4)9-13(5)10-14(6)11(2)3/h7-10H,1-6H3/b8-7+,12-9+,13-10+. The first-order chi connectivity index (χ1) is 6.47. The molecule has 0 rings (SSSR count). The SMILES string of the molecule is C/C=C/C(C)=C/C(C)=C/C(C)=C(C)C. The zero-order valence-corrected chi connectivity index (χ0v) is 10.3. The molecule has 0 aromatic rings. The minimum atomic E-state index is 1.29. The summed E-state index contributed by atoms with van der Waals surface area (Å²) in [4.78, 5) is 0. The normalized spacial score (nSPS) is 13.6. The average Bonchev–Trinajstić information content (AvgIpc) is 2.03. The van der Waals surface area contributed by atoms with Crippen LogP contribution in [0.4, 0.5) is 0 Å². The molecule has 0 aliphatic carbocycles. The molecule has 0 N–H and O–H groups in total. The molecule has 0 heterocycles. The summed E-state index contributed by atoms with van der Waals surface area (Å²) < 4.78 is 0. The van der Waals surface area contributed by atoms with E-state index in [1.807, 2.05) is 6.92 Å². The van der Waals surface area contributed by atoms with Crippen molar-refractivity contribution in [2.75, 3.05) is 0 Å². The van der Waals surface area contributed by atoms with E-state index in [-0.39, 0.29) is 0 Å². The first kappa shape index (κ1) is 13.0. The Morgan fingerprint density at radius 2 is 1.36 bits per heavy atom. The molecule has 78 valence electrons. The fraction of sp³-hybridized carbons (Fsp3) is 0.429. The van der Waals surface area contributed by atoms with Crippen LogP contribution < -0.4 is 0 Å². The van der Waals surface area contributed by atoms with Gasteiger partial charge in [0.05, 0.1) is 0 Å². The molecule has 14 heavy (non-hydrogen) atoms. The lowest BCUT2D eigenvalue weighted by molar-refractivity contribution is 1.27. The zero-order chi connectivity index (χ0) is 11.1. The van der Waals surface area contributed by atoms with Crippen LogP contribution in [-0.2, 0) is 0 Å². The van der Waals surface area contributed by atoms with E-state index in [1.54, 1.807) is 0 Å². The Kier molecular flexibility index (Phi) is 5.94. The summed E-state index contributed by atoms with van der Waals surface area (Å²) in [7, 11) is 0. The number of rotatable bonds is 3. The molecule has 0 unspecified atom stereocenters. The highest BCUT2D eigenvalue weighted by molar-refractivity contribution is 5.33. The monoisotopic (exact) mass is 190 g/mol. The van der Waals surface area contributed by atoms with E-state index in [4.69, 9.17) is 0 Å². The van der Waals surface area contributed by atoms with Gasteiger partial charge in [0.15, 0.2) is 0 Å². The summed E-state index contributed by atoms with van der Waals surface area (Å²) in [6, 6.07) is 0. The first-order valence-corrected chi connectivity index (χ1v) is 5.10. The Morgan fingerprint density at radius 1 is 0.786 bits per heavy atom. The fourth-order valence-corrected chi connectivity index (χ4v) is 1.20. The minimum absolute atomic E-state index is 1.29. The number of allylic oxidation sites excluding steroid dienone is 8. The maximum atomic E-state index is 2.22. The smallest absolute Gasteiger partial charge is 0.0398 e. The molecular weight excluding hydrogens is 168 g/mol. The van der Waals surface area contributed by atoms with Crippen molar-refractivity contribution >= 4 is 0 Å². The summed E-state index contributed by atoms with van der Waals surface area (Å²) in [5.74, 6) is 0. The second kappa shape index (κ2) is 6.42. The van der Waals surface area contributed by atoms with Crippen molar-refractivity contribution in [2.24, 2.45) is 0 Å². The van der Waals surface area contributed by atoms with Crippen LogP contribution in [0.2, 0.25) is 0 Å². The van der Waals surface area contributed by atoms with Gasteiger partial charge in [0.2, 0.25) is 0 Å². The largest absolute Gasteiger partial charge is 0.0874 e. The summed E-state index contributed by atoms with van der Waals surface area (Å²) in [6.07, 6.45) is 8.61. The molecule has 0 atom stereocenters. The maximum Gasteiger partial charge on any atom is -0.0398 e. The zero-order valence-electron chi connectivity index (χ0n) is 10.3. The van der Waals surface area contributed by atoms with Crippen molar-refractivity contribution in [3.63, 3.8) is 0 Å². The van der Waals surface area contributed by atoms with Gasteiger partial charge < -0.3 is 0 Å². The van der Waals surface area contributed by atoms with Crippen molar-refractivity contribution in [3.8, 4) is 0 Å². The molecular formula is C14H22. The molecule has 0 radical (unpaired) electrons. The second-order valence-electron chi connectivity index (χ2n) is 3.96. The van der Waals surface area contributed by atoms with Crippen LogP contribution in [0, 0.1) is 0 Å². The van der Waals surface area contributed by atoms with Gasteiger partial charge in [-0.05, 0) is 41.5 Å². The lowest BCUT2D eigenvalue weighted by atomic mass is 10.1. The highest BCUT2D eigenvalue weighted by Gasteiger charge is 1.89. The maximum absolute atomic E-state index is 2.22. The van der Waals surface area contributed by atoms with Crippen LogP contribution in [0.15, 0.2) is 46.6 Å². The van der Waals surface area contributed by atoms with Crippen LogP contribution in [0.3, 0.4) is 0 Å². The predicted molar refractivity (Wildman–Crippen MR) is 66.4 cm³/mol. The molecule has 0 aliphatic rings. The van der Waals surface area contributed by atoms with Crippen LogP contribution in [0.5, 0.6) is 0 Å². The summed E-state index contributed by atoms with van der Waals surface area (Å²) >= 11 is 0. The van der Waals surface area contributed by atoms with Gasteiger partial charge in [-0.25, -0.2) is 0 Å². The molecule has 0 nitrogen and oxygen atoms in total. The van der Waals surface area contributed by atoms with E-state index in [0.29, 0.717) is 0 Å². The van der Waals surface area contributed by atoms with Crippen molar-refractivity contribution < 1.29 is 0 Å². The number of hydrogen-bond acceptors (Lipinski definition) is 0. The quantitative estimate of drug-likeness (QED) is 0.560. The second-order valence-corrected chi connectivity index (χ2v) is 3.96. The molecule has 0 fully saturated rings. The van der Waals surface area contributed by atoms with Gasteiger partial charge in [0, 0.05) is 0 Å². The van der Waals surface area contributed by atoms with Gasteiger partial charge in [-0.15, -0.1) is 0 Å². The van der Waals surface area contributed by atoms with Crippen LogP contribution >= 0.6 is 0 Å². The van der Waals surface area contributed by atoms with Gasteiger partial charge in [0.1, 0.15) is 0 Å². The Hall–Kier alpha value is -1.04. The average molecular weight is 190 g/mol. The molecule has 0 aromatic heterocycles. The molecule has 0 aromatic carbocycles. The van der Waals surface area contributed by atoms with E-state index >= 15 is 0 Å². The van der Waals surface area contributed by atoms with Crippen molar-refractivity contribution in [2.45, 2.75) is 41.5 Å². The van der Waals surface area contributed by atoms with Crippen molar-refractivity contribution in [1.29, 1.82) is 0 Å². The molecule has 0 amide bonds. The van der Waals surface area contributed by atoms with E-state index in [1.165, 1.54) is 22.3 Å². The van der Waals surface area contributed by atoms with Gasteiger partial charge in [0.25, 0.3) is 0 Å². The Bertz CT molecular complexity index is 292.